The molecule has 1 aliphatic rings. The Morgan fingerprint density at radius 2 is 1.68 bits per heavy atom. The maximum Gasteiger partial charge on any atom is 0.306 e. The second-order valence-corrected chi connectivity index (χ2v) is 9.53. The summed E-state index contributed by atoms with van der Waals surface area (Å²) in [5.74, 6) is 1.63. The van der Waals surface area contributed by atoms with Crippen molar-refractivity contribution in [2.75, 3.05) is 6.61 Å². The Labute approximate surface area is 219 Å². The topological polar surface area (TPSA) is 52.3 Å². The van der Waals surface area contributed by atoms with Crippen molar-refractivity contribution in [1.29, 1.82) is 0 Å². The molecular formula is C33H33NO3. The number of benzene rings is 3. The van der Waals surface area contributed by atoms with Crippen molar-refractivity contribution in [3.05, 3.63) is 114 Å². The van der Waals surface area contributed by atoms with E-state index in [-0.39, 0.29) is 11.9 Å². The predicted octanol–water partition coefficient (Wildman–Crippen LogP) is 7.94. The summed E-state index contributed by atoms with van der Waals surface area (Å²) in [6.07, 6.45) is 7.54. The Bertz CT molecular complexity index is 1300. The molecule has 5 rings (SSSR count). The summed E-state index contributed by atoms with van der Waals surface area (Å²) in [6, 6.07) is 29.1. The van der Waals surface area contributed by atoms with Crippen molar-refractivity contribution >= 4 is 5.97 Å². The van der Waals surface area contributed by atoms with Crippen LogP contribution in [0.5, 0.6) is 0 Å². The van der Waals surface area contributed by atoms with Gasteiger partial charge >= 0.3 is 5.97 Å². The fourth-order valence-electron chi connectivity index (χ4n) is 5.09. The summed E-state index contributed by atoms with van der Waals surface area (Å²) >= 11 is 0. The van der Waals surface area contributed by atoms with Crippen molar-refractivity contribution in [2.45, 2.75) is 51.4 Å². The van der Waals surface area contributed by atoms with Crippen molar-refractivity contribution in [3.8, 4) is 22.6 Å². The molecule has 0 saturated heterocycles. The van der Waals surface area contributed by atoms with Gasteiger partial charge in [-0.15, -0.1) is 0 Å². The summed E-state index contributed by atoms with van der Waals surface area (Å²) in [5.41, 5.74) is 6.76. The molecule has 0 bridgehead atoms. The molecule has 1 aromatic heterocycles. The Hall–Kier alpha value is -3.92. The van der Waals surface area contributed by atoms with Crippen LogP contribution in [0.25, 0.3) is 22.6 Å². The number of ether oxygens (including phenoxy) is 1. The number of rotatable bonds is 9. The van der Waals surface area contributed by atoms with Crippen molar-refractivity contribution in [2.24, 2.45) is 0 Å². The number of carbonyl (C=O) groups is 1. The van der Waals surface area contributed by atoms with Gasteiger partial charge in [0.15, 0.2) is 5.76 Å². The average molecular weight is 492 g/mol. The van der Waals surface area contributed by atoms with Gasteiger partial charge in [-0.25, -0.2) is 4.98 Å². The maximum atomic E-state index is 11.8. The van der Waals surface area contributed by atoms with Gasteiger partial charge in [0.1, 0.15) is 5.69 Å². The van der Waals surface area contributed by atoms with Gasteiger partial charge in [-0.05, 0) is 50.2 Å². The molecule has 0 spiro atoms. The molecule has 1 aliphatic carbocycles. The first-order chi connectivity index (χ1) is 18.2. The van der Waals surface area contributed by atoms with Gasteiger partial charge in [0.25, 0.3) is 0 Å². The highest BCUT2D eigenvalue weighted by atomic mass is 16.5. The van der Waals surface area contributed by atoms with E-state index >= 15 is 0 Å². The van der Waals surface area contributed by atoms with Crippen LogP contribution in [0.4, 0.5) is 0 Å². The van der Waals surface area contributed by atoms with E-state index in [0.29, 0.717) is 19.4 Å². The first kappa shape index (κ1) is 24.8. The Kier molecular flexibility index (Phi) is 7.95. The van der Waals surface area contributed by atoms with Gasteiger partial charge in [0.05, 0.1) is 12.5 Å². The molecule has 0 saturated carbocycles. The van der Waals surface area contributed by atoms with E-state index in [2.05, 4.69) is 54.6 Å². The van der Waals surface area contributed by atoms with Gasteiger partial charge in [0, 0.05) is 17.5 Å². The average Bonchev–Trinajstić information content (AvgIpc) is 3.39. The molecule has 1 heterocycles. The molecule has 4 heteroatoms. The minimum absolute atomic E-state index is 0.143. The molecule has 0 amide bonds. The molecule has 37 heavy (non-hydrogen) atoms. The normalized spacial score (nSPS) is 15.3. The monoisotopic (exact) mass is 491 g/mol. The van der Waals surface area contributed by atoms with E-state index in [0.717, 1.165) is 59.7 Å². The highest BCUT2D eigenvalue weighted by Gasteiger charge is 2.27. The number of hydrogen-bond donors (Lipinski definition) is 0. The number of oxazole rings is 1. The first-order valence-electron chi connectivity index (χ1n) is 13.2. The Balaban J connectivity index is 1.41. The van der Waals surface area contributed by atoms with Crippen LogP contribution in [0.1, 0.15) is 55.5 Å². The van der Waals surface area contributed by atoms with E-state index in [9.17, 15) is 4.79 Å². The zero-order valence-electron chi connectivity index (χ0n) is 21.4. The first-order valence-corrected chi connectivity index (χ1v) is 13.2. The van der Waals surface area contributed by atoms with Gasteiger partial charge in [-0.3, -0.25) is 4.79 Å². The summed E-state index contributed by atoms with van der Waals surface area (Å²) in [4.78, 5) is 16.9. The molecule has 3 aromatic carbocycles. The molecule has 1 unspecified atom stereocenters. The van der Waals surface area contributed by atoms with Crippen LogP contribution in [-0.2, 0) is 22.4 Å². The zero-order valence-corrected chi connectivity index (χ0v) is 21.4. The summed E-state index contributed by atoms with van der Waals surface area (Å²) in [7, 11) is 0. The fourth-order valence-corrected chi connectivity index (χ4v) is 5.09. The van der Waals surface area contributed by atoms with Crippen molar-refractivity contribution in [1.82, 2.24) is 4.98 Å². The summed E-state index contributed by atoms with van der Waals surface area (Å²) < 4.78 is 11.7. The van der Waals surface area contributed by atoms with E-state index in [1.54, 1.807) is 0 Å². The molecule has 188 valence electrons. The largest absolute Gasteiger partial charge is 0.466 e. The molecule has 0 N–H and O–H groups in total. The van der Waals surface area contributed by atoms with Gasteiger partial charge in [-0.1, -0.05) is 96.6 Å². The SMILES string of the molecule is CCOC(=O)CCc1cccc(CC2=CCCCC2c2nc(-c3ccccc3)c(-c3ccccc3)o2)c1. The van der Waals surface area contributed by atoms with Crippen LogP contribution in [0, 0.1) is 0 Å². The molecular weight excluding hydrogens is 458 g/mol. The number of hydrogen-bond acceptors (Lipinski definition) is 4. The standard InChI is InChI=1S/C33H33NO3/c1-2-36-30(35)21-20-24-12-11-13-25(22-24)23-28-18-9-10-19-29(28)33-34-31(26-14-5-3-6-15-26)32(37-33)27-16-7-4-8-17-27/h3-8,11-18,22,29H,2,9-10,19-21,23H2,1H3. The Morgan fingerprint density at radius 1 is 0.946 bits per heavy atom. The van der Waals surface area contributed by atoms with Crippen LogP contribution < -0.4 is 0 Å². The molecule has 4 aromatic rings. The van der Waals surface area contributed by atoms with Crippen LogP contribution in [0.2, 0.25) is 0 Å². The van der Waals surface area contributed by atoms with Crippen molar-refractivity contribution < 1.29 is 13.9 Å². The molecule has 0 fully saturated rings. The third kappa shape index (κ3) is 6.08. The number of nitrogens with zero attached hydrogens (tertiary/aromatic N) is 1. The second kappa shape index (κ2) is 11.9. The van der Waals surface area contributed by atoms with Gasteiger partial charge < -0.3 is 9.15 Å². The smallest absolute Gasteiger partial charge is 0.306 e. The number of carbonyl (C=O) groups excluding carboxylic acids is 1. The summed E-state index contributed by atoms with van der Waals surface area (Å²) in [6.45, 7) is 2.26. The molecule has 0 radical (unpaired) electrons. The van der Waals surface area contributed by atoms with E-state index in [4.69, 9.17) is 14.1 Å². The minimum atomic E-state index is -0.143. The van der Waals surface area contributed by atoms with Crippen molar-refractivity contribution in [3.63, 3.8) is 0 Å². The van der Waals surface area contributed by atoms with Crippen LogP contribution in [-0.4, -0.2) is 17.6 Å². The van der Waals surface area contributed by atoms with Gasteiger partial charge in [-0.2, -0.15) is 0 Å². The number of aryl methyl sites for hydroxylation is 1. The van der Waals surface area contributed by atoms with Gasteiger partial charge in [0.2, 0.25) is 5.89 Å². The number of aromatic nitrogens is 1. The highest BCUT2D eigenvalue weighted by Crippen LogP contribution is 2.40. The number of esters is 1. The lowest BCUT2D eigenvalue weighted by atomic mass is 9.84. The second-order valence-electron chi connectivity index (χ2n) is 9.53. The molecule has 1 atom stereocenters. The maximum absolute atomic E-state index is 11.8. The molecule has 0 aliphatic heterocycles. The van der Waals surface area contributed by atoms with E-state index in [1.807, 2.05) is 43.3 Å². The lowest BCUT2D eigenvalue weighted by Gasteiger charge is -2.22. The van der Waals surface area contributed by atoms with E-state index < -0.39 is 0 Å². The Morgan fingerprint density at radius 3 is 2.43 bits per heavy atom. The number of allylic oxidation sites excluding steroid dienone is 2. The van der Waals surface area contributed by atoms with Crippen LogP contribution in [0.15, 0.2) is 101 Å². The lowest BCUT2D eigenvalue weighted by Crippen LogP contribution is -2.10. The quantitative estimate of drug-likeness (QED) is 0.176. The molecule has 4 nitrogen and oxygen atoms in total. The predicted molar refractivity (Wildman–Crippen MR) is 147 cm³/mol. The minimum Gasteiger partial charge on any atom is -0.466 e. The third-order valence-corrected chi connectivity index (χ3v) is 6.90. The fraction of sp³-hybridized carbons (Fsp3) is 0.273. The zero-order chi connectivity index (χ0) is 25.5. The third-order valence-electron chi connectivity index (χ3n) is 6.90. The highest BCUT2D eigenvalue weighted by molar-refractivity contribution is 5.77. The van der Waals surface area contributed by atoms with Crippen LogP contribution in [0.3, 0.4) is 0 Å². The summed E-state index contributed by atoms with van der Waals surface area (Å²) in [5, 5.41) is 0. The van der Waals surface area contributed by atoms with E-state index in [1.165, 1.54) is 11.1 Å². The lowest BCUT2D eigenvalue weighted by molar-refractivity contribution is -0.143. The van der Waals surface area contributed by atoms with Crippen LogP contribution >= 0.6 is 0 Å².